The maximum atomic E-state index is 10.2. The summed E-state index contributed by atoms with van der Waals surface area (Å²) in [6.07, 6.45) is 0. The highest BCUT2D eigenvalue weighted by atomic mass is 35.5. The summed E-state index contributed by atoms with van der Waals surface area (Å²) in [5.74, 6) is 0. The van der Waals surface area contributed by atoms with Gasteiger partial charge in [0.1, 0.15) is 0 Å². The van der Waals surface area contributed by atoms with Gasteiger partial charge >= 0.3 is 0 Å². The first-order chi connectivity index (χ1) is 6.96. The molecule has 0 aliphatic carbocycles. The summed E-state index contributed by atoms with van der Waals surface area (Å²) in [5.41, 5.74) is 0.0297. The van der Waals surface area contributed by atoms with E-state index >= 15 is 0 Å². The molecule has 0 amide bonds. The third kappa shape index (κ3) is 1.67. The van der Waals surface area contributed by atoms with Gasteiger partial charge < -0.3 is 9.84 Å². The van der Waals surface area contributed by atoms with Gasteiger partial charge in [-0.2, -0.15) is 0 Å². The van der Waals surface area contributed by atoms with Crippen LogP contribution in [0.1, 0.15) is 19.4 Å². The lowest BCUT2D eigenvalue weighted by atomic mass is 9.67. The Morgan fingerprint density at radius 2 is 1.80 bits per heavy atom. The van der Waals surface area contributed by atoms with Gasteiger partial charge in [0.05, 0.1) is 24.2 Å². The lowest BCUT2D eigenvalue weighted by Crippen LogP contribution is -2.60. The highest BCUT2D eigenvalue weighted by molar-refractivity contribution is 6.30. The molecular weight excluding hydrogens is 212 g/mol. The van der Waals surface area contributed by atoms with Crippen molar-refractivity contribution in [3.63, 3.8) is 0 Å². The molecule has 1 N–H and O–H groups in total. The molecule has 1 aromatic carbocycles. The van der Waals surface area contributed by atoms with Gasteiger partial charge in [0.2, 0.25) is 0 Å². The molecule has 1 aromatic rings. The van der Waals surface area contributed by atoms with Crippen molar-refractivity contribution in [3.8, 4) is 0 Å². The van der Waals surface area contributed by atoms with Gasteiger partial charge in [0, 0.05) is 5.02 Å². The fourth-order valence-electron chi connectivity index (χ4n) is 1.95. The molecule has 0 aromatic heterocycles. The molecule has 2 nitrogen and oxygen atoms in total. The van der Waals surface area contributed by atoms with Crippen molar-refractivity contribution >= 4 is 11.6 Å². The Morgan fingerprint density at radius 3 is 2.13 bits per heavy atom. The fraction of sp³-hybridized carbons (Fsp3) is 0.500. The van der Waals surface area contributed by atoms with E-state index in [1.165, 1.54) is 0 Å². The molecule has 0 spiro atoms. The van der Waals surface area contributed by atoms with E-state index in [2.05, 4.69) is 0 Å². The van der Waals surface area contributed by atoms with Gasteiger partial charge in [-0.1, -0.05) is 23.7 Å². The number of rotatable bonds is 2. The quantitative estimate of drug-likeness (QED) is 0.839. The monoisotopic (exact) mass is 226 g/mol. The molecule has 3 heteroatoms. The summed E-state index contributed by atoms with van der Waals surface area (Å²) in [6.45, 7) is 4.78. The van der Waals surface area contributed by atoms with Crippen LogP contribution in [0.15, 0.2) is 24.3 Å². The summed E-state index contributed by atoms with van der Waals surface area (Å²) in [5, 5.41) is 10.9. The number of benzene rings is 1. The highest BCUT2D eigenvalue weighted by Crippen LogP contribution is 2.41. The van der Waals surface area contributed by atoms with E-state index in [0.29, 0.717) is 18.2 Å². The van der Waals surface area contributed by atoms with E-state index in [-0.39, 0.29) is 5.41 Å². The molecule has 0 saturated carbocycles. The van der Waals surface area contributed by atoms with Crippen molar-refractivity contribution in [2.75, 3.05) is 13.2 Å². The van der Waals surface area contributed by atoms with Crippen LogP contribution in [-0.2, 0) is 10.2 Å². The number of ether oxygens (including phenoxy) is 1. The maximum Gasteiger partial charge on any atom is 0.0732 e. The summed E-state index contributed by atoms with van der Waals surface area (Å²) in [4.78, 5) is 0. The van der Waals surface area contributed by atoms with Crippen LogP contribution in [0.2, 0.25) is 5.02 Å². The molecule has 0 atom stereocenters. The molecule has 15 heavy (non-hydrogen) atoms. The first kappa shape index (κ1) is 10.9. The van der Waals surface area contributed by atoms with E-state index < -0.39 is 5.60 Å². The van der Waals surface area contributed by atoms with E-state index in [1.807, 2.05) is 38.1 Å². The van der Waals surface area contributed by atoms with E-state index in [1.54, 1.807) is 0 Å². The fourth-order valence-corrected chi connectivity index (χ4v) is 2.07. The molecule has 0 radical (unpaired) electrons. The minimum Gasteiger partial charge on any atom is -0.389 e. The average Bonchev–Trinajstić information content (AvgIpc) is 2.03. The minimum absolute atomic E-state index is 0.280. The van der Waals surface area contributed by atoms with Gasteiger partial charge in [-0.25, -0.2) is 0 Å². The summed E-state index contributed by atoms with van der Waals surface area (Å²) >= 11 is 5.84. The lowest BCUT2D eigenvalue weighted by Gasteiger charge is -2.50. The average molecular weight is 227 g/mol. The Labute approximate surface area is 94.8 Å². The Bertz CT molecular complexity index is 347. The van der Waals surface area contributed by atoms with Crippen molar-refractivity contribution in [2.24, 2.45) is 0 Å². The molecule has 1 heterocycles. The minimum atomic E-state index is -0.779. The van der Waals surface area contributed by atoms with Crippen molar-refractivity contribution in [1.82, 2.24) is 0 Å². The third-order valence-electron chi connectivity index (χ3n) is 3.26. The van der Waals surface area contributed by atoms with Crippen LogP contribution >= 0.6 is 11.6 Å². The third-order valence-corrected chi connectivity index (χ3v) is 3.52. The normalized spacial score (nSPS) is 19.7. The number of halogens is 1. The van der Waals surface area contributed by atoms with Gasteiger partial charge in [-0.15, -0.1) is 0 Å². The first-order valence-corrected chi connectivity index (χ1v) is 5.40. The van der Waals surface area contributed by atoms with Crippen molar-refractivity contribution < 1.29 is 9.84 Å². The second kappa shape index (κ2) is 3.48. The zero-order valence-corrected chi connectivity index (χ0v) is 9.71. The Hall–Kier alpha value is -0.570. The standard InChI is InChI=1S/C12H15ClO2/c1-11(2,14)12(7-15-8-12)9-3-5-10(13)6-4-9/h3-6,14H,7-8H2,1-2H3. The van der Waals surface area contributed by atoms with E-state index in [9.17, 15) is 5.11 Å². The summed E-state index contributed by atoms with van der Waals surface area (Å²) in [6, 6.07) is 7.62. The zero-order chi connectivity index (χ0) is 11.1. The molecule has 1 fully saturated rings. The van der Waals surface area contributed by atoms with Gasteiger partial charge in [0.25, 0.3) is 0 Å². The molecule has 82 valence electrons. The second-order valence-corrected chi connectivity index (χ2v) is 5.08. The zero-order valence-electron chi connectivity index (χ0n) is 8.96. The van der Waals surface area contributed by atoms with Crippen LogP contribution in [0.4, 0.5) is 0 Å². The molecule has 2 rings (SSSR count). The Kier molecular flexibility index (Phi) is 2.53. The van der Waals surface area contributed by atoms with Gasteiger partial charge in [0.15, 0.2) is 0 Å². The predicted molar refractivity (Wildman–Crippen MR) is 60.2 cm³/mol. The molecular formula is C12H15ClO2. The van der Waals surface area contributed by atoms with E-state index in [0.717, 1.165) is 5.56 Å². The number of aliphatic hydroxyl groups is 1. The van der Waals surface area contributed by atoms with Crippen LogP contribution in [-0.4, -0.2) is 23.9 Å². The van der Waals surface area contributed by atoms with Gasteiger partial charge in [-0.3, -0.25) is 0 Å². The summed E-state index contributed by atoms with van der Waals surface area (Å²) < 4.78 is 5.26. The Balaban J connectivity index is 2.39. The van der Waals surface area contributed by atoms with E-state index in [4.69, 9.17) is 16.3 Å². The second-order valence-electron chi connectivity index (χ2n) is 4.64. The predicted octanol–water partition coefficient (Wildman–Crippen LogP) is 2.38. The van der Waals surface area contributed by atoms with Crippen molar-refractivity contribution in [1.29, 1.82) is 0 Å². The summed E-state index contributed by atoms with van der Waals surface area (Å²) in [7, 11) is 0. The van der Waals surface area contributed by atoms with Crippen molar-refractivity contribution in [2.45, 2.75) is 24.9 Å². The maximum absolute atomic E-state index is 10.2. The largest absolute Gasteiger partial charge is 0.389 e. The van der Waals surface area contributed by atoms with Crippen molar-refractivity contribution in [3.05, 3.63) is 34.9 Å². The van der Waals surface area contributed by atoms with Crippen LogP contribution in [0.3, 0.4) is 0 Å². The smallest absolute Gasteiger partial charge is 0.0732 e. The highest BCUT2D eigenvalue weighted by Gasteiger charge is 2.51. The van der Waals surface area contributed by atoms with Crippen LogP contribution < -0.4 is 0 Å². The number of hydrogen-bond donors (Lipinski definition) is 1. The topological polar surface area (TPSA) is 29.5 Å². The van der Waals surface area contributed by atoms with Crippen LogP contribution in [0.25, 0.3) is 0 Å². The molecule has 1 aliphatic heterocycles. The van der Waals surface area contributed by atoms with Crippen LogP contribution in [0, 0.1) is 0 Å². The lowest BCUT2D eigenvalue weighted by molar-refractivity contribution is -0.157. The molecule has 0 unspecified atom stereocenters. The molecule has 0 bridgehead atoms. The van der Waals surface area contributed by atoms with Crippen LogP contribution in [0.5, 0.6) is 0 Å². The van der Waals surface area contributed by atoms with Gasteiger partial charge in [-0.05, 0) is 31.5 Å². The Morgan fingerprint density at radius 1 is 1.27 bits per heavy atom. The first-order valence-electron chi connectivity index (χ1n) is 5.02. The number of hydrogen-bond acceptors (Lipinski definition) is 2. The molecule has 1 aliphatic rings. The SMILES string of the molecule is CC(C)(O)C1(c2ccc(Cl)cc2)COC1. The molecule has 1 saturated heterocycles.